The molecule has 1 atom stereocenters. The number of carbonyl (C=O) groups excluding carboxylic acids is 3. The predicted octanol–water partition coefficient (Wildman–Crippen LogP) is 3.25. The Morgan fingerprint density at radius 3 is 1.92 bits per heavy atom. The second-order valence-electron chi connectivity index (χ2n) is 7.59. The molecule has 0 radical (unpaired) electrons. The number of halogens is 1. The highest BCUT2D eigenvalue weighted by atomic mass is 19.1. The van der Waals surface area contributed by atoms with Crippen LogP contribution in [-0.4, -0.2) is 41.6 Å². The number of carbonyl (C=O) groups is 3. The molecule has 0 aliphatic carbocycles. The summed E-state index contributed by atoms with van der Waals surface area (Å²) in [5.41, 5.74) is -1.50. The number of esters is 2. The zero-order valence-electron chi connectivity index (χ0n) is 16.2. The van der Waals surface area contributed by atoms with Gasteiger partial charge in [-0.05, 0) is 54.9 Å². The number of ether oxygens (including phenoxy) is 3. The maximum Gasteiger partial charge on any atom is 0.410 e. The van der Waals surface area contributed by atoms with E-state index in [1.165, 1.54) is 6.92 Å². The predicted molar refractivity (Wildman–Crippen MR) is 89.5 cm³/mol. The van der Waals surface area contributed by atoms with Gasteiger partial charge in [0.15, 0.2) is 0 Å². The molecule has 1 amide bonds. The van der Waals surface area contributed by atoms with Crippen LogP contribution in [0.5, 0.6) is 0 Å². The lowest BCUT2D eigenvalue weighted by Crippen LogP contribution is -2.53. The minimum absolute atomic E-state index is 0.0139. The molecule has 0 bridgehead atoms. The third-order valence-electron chi connectivity index (χ3n) is 2.62. The molecule has 0 saturated carbocycles. The second-order valence-corrected chi connectivity index (χ2v) is 7.59. The Bertz CT molecular complexity index is 481. The Morgan fingerprint density at radius 1 is 0.960 bits per heavy atom. The summed E-state index contributed by atoms with van der Waals surface area (Å²) in [4.78, 5) is 35.4. The Morgan fingerprint density at radius 2 is 1.48 bits per heavy atom. The monoisotopic (exact) mass is 363 g/mol. The lowest BCUT2D eigenvalue weighted by atomic mass is 10.1. The standard InChI is InChI=1S/C17H30FNO6/c1-8-23-13(21)17(18,19-14(22)25-16(5,6)7)11-9-10-12(20)24-15(2,3)4/h8-11H2,1-7H3,(H,19,22). The number of amides is 1. The average molecular weight is 363 g/mol. The van der Waals surface area contributed by atoms with E-state index in [4.69, 9.17) is 9.47 Å². The minimum atomic E-state index is -2.78. The average Bonchev–Trinajstić information content (AvgIpc) is 2.33. The van der Waals surface area contributed by atoms with Crippen LogP contribution in [0.3, 0.4) is 0 Å². The number of hydrogen-bond donors (Lipinski definition) is 1. The van der Waals surface area contributed by atoms with Crippen molar-refractivity contribution in [2.75, 3.05) is 6.61 Å². The van der Waals surface area contributed by atoms with Gasteiger partial charge in [-0.15, -0.1) is 0 Å². The van der Waals surface area contributed by atoms with Gasteiger partial charge < -0.3 is 14.2 Å². The highest BCUT2D eigenvalue weighted by Crippen LogP contribution is 2.21. The van der Waals surface area contributed by atoms with Gasteiger partial charge in [0.05, 0.1) is 6.61 Å². The SMILES string of the molecule is CCOC(=O)C(F)(CCCC(=O)OC(C)(C)C)NC(=O)OC(C)(C)C. The van der Waals surface area contributed by atoms with E-state index in [1.54, 1.807) is 41.5 Å². The van der Waals surface area contributed by atoms with Gasteiger partial charge in [-0.1, -0.05) is 0 Å². The van der Waals surface area contributed by atoms with Crippen molar-refractivity contribution in [3.05, 3.63) is 0 Å². The number of hydrogen-bond acceptors (Lipinski definition) is 6. The highest BCUT2D eigenvalue weighted by Gasteiger charge is 2.42. The van der Waals surface area contributed by atoms with Crippen LogP contribution in [0.25, 0.3) is 0 Å². The normalized spacial score (nSPS) is 14.2. The fourth-order valence-corrected chi connectivity index (χ4v) is 1.80. The van der Waals surface area contributed by atoms with Gasteiger partial charge in [0.1, 0.15) is 11.2 Å². The first-order valence-corrected chi connectivity index (χ1v) is 8.27. The molecule has 0 heterocycles. The largest absolute Gasteiger partial charge is 0.462 e. The Hall–Kier alpha value is -1.86. The van der Waals surface area contributed by atoms with Crippen molar-refractivity contribution in [2.45, 2.75) is 84.7 Å². The van der Waals surface area contributed by atoms with Crippen molar-refractivity contribution in [1.29, 1.82) is 0 Å². The molecule has 0 fully saturated rings. The van der Waals surface area contributed by atoms with Crippen LogP contribution in [0.15, 0.2) is 0 Å². The van der Waals surface area contributed by atoms with E-state index in [1.807, 2.05) is 5.32 Å². The van der Waals surface area contributed by atoms with Gasteiger partial charge in [-0.25, -0.2) is 14.0 Å². The van der Waals surface area contributed by atoms with Crippen LogP contribution in [0.1, 0.15) is 67.7 Å². The number of rotatable bonds is 7. The van der Waals surface area contributed by atoms with Gasteiger partial charge in [-0.2, -0.15) is 0 Å². The van der Waals surface area contributed by atoms with Crippen molar-refractivity contribution in [3.63, 3.8) is 0 Å². The lowest BCUT2D eigenvalue weighted by molar-refractivity contribution is -0.162. The molecule has 0 aromatic rings. The molecule has 0 aromatic heterocycles. The van der Waals surface area contributed by atoms with Crippen molar-refractivity contribution >= 4 is 18.0 Å². The minimum Gasteiger partial charge on any atom is -0.462 e. The molecule has 1 unspecified atom stereocenters. The number of alkyl carbamates (subject to hydrolysis) is 1. The molecule has 0 saturated heterocycles. The van der Waals surface area contributed by atoms with E-state index in [-0.39, 0.29) is 19.4 Å². The molecule has 0 aliphatic rings. The molecule has 0 aromatic carbocycles. The topological polar surface area (TPSA) is 90.9 Å². The van der Waals surface area contributed by atoms with Gasteiger partial charge >= 0.3 is 18.0 Å². The molecule has 0 aliphatic heterocycles. The molecule has 0 spiro atoms. The Kier molecular flexibility index (Phi) is 8.34. The fourth-order valence-electron chi connectivity index (χ4n) is 1.80. The highest BCUT2D eigenvalue weighted by molar-refractivity contribution is 5.84. The zero-order valence-corrected chi connectivity index (χ0v) is 16.2. The van der Waals surface area contributed by atoms with Crippen LogP contribution < -0.4 is 5.32 Å². The van der Waals surface area contributed by atoms with Crippen molar-refractivity contribution in [2.24, 2.45) is 0 Å². The quantitative estimate of drug-likeness (QED) is 0.424. The molecular weight excluding hydrogens is 333 g/mol. The molecule has 25 heavy (non-hydrogen) atoms. The number of alkyl halides is 1. The van der Waals surface area contributed by atoms with Crippen molar-refractivity contribution in [3.8, 4) is 0 Å². The van der Waals surface area contributed by atoms with E-state index in [0.717, 1.165) is 0 Å². The fraction of sp³-hybridized carbons (Fsp3) is 0.824. The van der Waals surface area contributed by atoms with E-state index in [2.05, 4.69) is 4.74 Å². The zero-order chi connectivity index (χ0) is 19.9. The molecule has 1 N–H and O–H groups in total. The molecule has 0 rings (SSSR count). The van der Waals surface area contributed by atoms with Crippen LogP contribution in [-0.2, 0) is 23.8 Å². The summed E-state index contributed by atoms with van der Waals surface area (Å²) in [5.74, 6) is -4.53. The van der Waals surface area contributed by atoms with E-state index in [0.29, 0.717) is 0 Å². The van der Waals surface area contributed by atoms with Crippen molar-refractivity contribution < 1.29 is 33.0 Å². The third-order valence-corrected chi connectivity index (χ3v) is 2.62. The summed E-state index contributed by atoms with van der Waals surface area (Å²) in [5, 5.41) is 1.90. The van der Waals surface area contributed by atoms with Crippen LogP contribution in [0.2, 0.25) is 0 Å². The van der Waals surface area contributed by atoms with E-state index < -0.39 is 41.4 Å². The molecule has 146 valence electrons. The van der Waals surface area contributed by atoms with Gasteiger partial charge in [0.2, 0.25) is 0 Å². The Balaban J connectivity index is 4.85. The van der Waals surface area contributed by atoms with E-state index in [9.17, 15) is 18.8 Å². The first-order valence-electron chi connectivity index (χ1n) is 8.27. The molecule has 7 nitrogen and oxygen atoms in total. The molecule has 8 heteroatoms. The van der Waals surface area contributed by atoms with Gasteiger partial charge in [0.25, 0.3) is 5.79 Å². The third kappa shape index (κ3) is 10.6. The lowest BCUT2D eigenvalue weighted by Gasteiger charge is -2.27. The second kappa shape index (κ2) is 9.01. The summed E-state index contributed by atoms with van der Waals surface area (Å²) >= 11 is 0. The summed E-state index contributed by atoms with van der Waals surface area (Å²) in [6, 6.07) is 0. The smallest absolute Gasteiger partial charge is 0.410 e. The Labute approximate surface area is 148 Å². The summed E-state index contributed by atoms with van der Waals surface area (Å²) < 4.78 is 29.7. The summed E-state index contributed by atoms with van der Waals surface area (Å²) in [6.07, 6.45) is -1.64. The maximum absolute atomic E-state index is 14.9. The van der Waals surface area contributed by atoms with Crippen LogP contribution >= 0.6 is 0 Å². The van der Waals surface area contributed by atoms with E-state index >= 15 is 0 Å². The summed E-state index contributed by atoms with van der Waals surface area (Å²) in [6.45, 7) is 11.4. The first-order chi connectivity index (χ1) is 11.2. The summed E-state index contributed by atoms with van der Waals surface area (Å²) in [7, 11) is 0. The first kappa shape index (κ1) is 23.1. The molecular formula is C17H30FNO6. The maximum atomic E-state index is 14.9. The van der Waals surface area contributed by atoms with Crippen LogP contribution in [0, 0.1) is 0 Å². The van der Waals surface area contributed by atoms with Gasteiger partial charge in [-0.3, -0.25) is 10.1 Å². The van der Waals surface area contributed by atoms with Crippen molar-refractivity contribution in [1.82, 2.24) is 5.32 Å². The van der Waals surface area contributed by atoms with Crippen LogP contribution in [0.4, 0.5) is 9.18 Å². The van der Waals surface area contributed by atoms with Gasteiger partial charge in [0, 0.05) is 12.8 Å². The number of nitrogens with one attached hydrogen (secondary N) is 1.